The second kappa shape index (κ2) is 5.30. The van der Waals surface area contributed by atoms with Crippen LogP contribution < -0.4 is 4.72 Å². The third-order valence-corrected chi connectivity index (χ3v) is 4.62. The van der Waals surface area contributed by atoms with E-state index in [1.807, 2.05) is 0 Å². The van der Waals surface area contributed by atoms with Gasteiger partial charge in [0.2, 0.25) is 10.0 Å². The third kappa shape index (κ3) is 2.96. The van der Waals surface area contributed by atoms with E-state index in [1.165, 1.54) is 17.8 Å². The van der Waals surface area contributed by atoms with E-state index in [0.29, 0.717) is 5.56 Å². The van der Waals surface area contributed by atoms with Crippen LogP contribution in [0.3, 0.4) is 0 Å². The van der Waals surface area contributed by atoms with Crippen molar-refractivity contribution in [2.75, 3.05) is 0 Å². The van der Waals surface area contributed by atoms with Gasteiger partial charge < -0.3 is 5.11 Å². The maximum absolute atomic E-state index is 12.3. The van der Waals surface area contributed by atoms with E-state index < -0.39 is 21.5 Å². The number of carboxylic acids is 1. The summed E-state index contributed by atoms with van der Waals surface area (Å²) in [6.07, 6.45) is 2.46. The lowest BCUT2D eigenvalue weighted by Crippen LogP contribution is -2.49. The maximum Gasteiger partial charge on any atom is 0.329 e. The molecule has 0 fully saturated rings. The highest BCUT2D eigenvalue weighted by Gasteiger charge is 2.39. The predicted octanol–water partition coefficient (Wildman–Crippen LogP) is 0.698. The summed E-state index contributed by atoms with van der Waals surface area (Å²) in [4.78, 5) is 11.5. The molecule has 2 N–H and O–H groups in total. The van der Waals surface area contributed by atoms with Gasteiger partial charge in [0.25, 0.3) is 0 Å². The van der Waals surface area contributed by atoms with E-state index in [2.05, 4.69) is 9.82 Å². The first kappa shape index (κ1) is 15.2. The van der Waals surface area contributed by atoms with Crippen molar-refractivity contribution < 1.29 is 18.3 Å². The molecule has 2 rings (SSSR count). The molecule has 8 heteroatoms. The molecule has 0 saturated heterocycles. The molecule has 2 aromatic rings. The van der Waals surface area contributed by atoms with Crippen LogP contribution >= 0.6 is 0 Å². The molecule has 1 aromatic heterocycles. The van der Waals surface area contributed by atoms with Crippen molar-refractivity contribution in [3.8, 4) is 0 Å². The van der Waals surface area contributed by atoms with E-state index in [9.17, 15) is 18.3 Å². The molecule has 1 atom stereocenters. The summed E-state index contributed by atoms with van der Waals surface area (Å²) in [6, 6.07) is 8.13. The van der Waals surface area contributed by atoms with Crippen molar-refractivity contribution in [1.29, 1.82) is 0 Å². The van der Waals surface area contributed by atoms with Gasteiger partial charge in [-0.05, 0) is 12.5 Å². The van der Waals surface area contributed by atoms with E-state index in [4.69, 9.17) is 0 Å². The molecule has 0 spiro atoms. The largest absolute Gasteiger partial charge is 0.480 e. The van der Waals surface area contributed by atoms with Crippen LogP contribution in [0, 0.1) is 0 Å². The summed E-state index contributed by atoms with van der Waals surface area (Å²) in [7, 11) is -2.43. The van der Waals surface area contributed by atoms with Crippen molar-refractivity contribution in [2.45, 2.75) is 17.4 Å². The van der Waals surface area contributed by atoms with E-state index in [0.717, 1.165) is 6.20 Å². The monoisotopic (exact) mass is 309 g/mol. The highest BCUT2D eigenvalue weighted by molar-refractivity contribution is 7.89. The zero-order chi connectivity index (χ0) is 15.7. The van der Waals surface area contributed by atoms with Gasteiger partial charge in [-0.15, -0.1) is 0 Å². The summed E-state index contributed by atoms with van der Waals surface area (Å²) in [6.45, 7) is 1.30. The third-order valence-electron chi connectivity index (χ3n) is 3.11. The topological polar surface area (TPSA) is 101 Å². The van der Waals surface area contributed by atoms with Crippen molar-refractivity contribution >= 4 is 16.0 Å². The molecule has 112 valence electrons. The highest BCUT2D eigenvalue weighted by Crippen LogP contribution is 2.23. The van der Waals surface area contributed by atoms with Gasteiger partial charge in [-0.25, -0.2) is 13.2 Å². The number of sulfonamides is 1. The normalized spacial score (nSPS) is 14.6. The highest BCUT2D eigenvalue weighted by atomic mass is 32.2. The minimum atomic E-state index is -4.00. The lowest BCUT2D eigenvalue weighted by molar-refractivity contribution is -0.143. The van der Waals surface area contributed by atoms with Crippen molar-refractivity contribution in [1.82, 2.24) is 14.5 Å². The van der Waals surface area contributed by atoms with Crippen LogP contribution in [0.2, 0.25) is 0 Å². The number of hydrogen-bond donors (Lipinski definition) is 2. The average Bonchev–Trinajstić information content (AvgIpc) is 2.86. The summed E-state index contributed by atoms with van der Waals surface area (Å²) in [5.74, 6) is -1.29. The van der Waals surface area contributed by atoms with Crippen molar-refractivity contribution in [2.24, 2.45) is 7.05 Å². The Morgan fingerprint density at radius 3 is 2.43 bits per heavy atom. The van der Waals surface area contributed by atoms with E-state index in [-0.39, 0.29) is 4.90 Å². The molecule has 0 bridgehead atoms. The molecule has 0 amide bonds. The summed E-state index contributed by atoms with van der Waals surface area (Å²) < 4.78 is 28.2. The molecule has 0 aliphatic carbocycles. The average molecular weight is 309 g/mol. The minimum absolute atomic E-state index is 0.0894. The lowest BCUT2D eigenvalue weighted by Gasteiger charge is -2.26. The fourth-order valence-electron chi connectivity index (χ4n) is 1.86. The van der Waals surface area contributed by atoms with Crippen molar-refractivity contribution in [3.63, 3.8) is 0 Å². The van der Waals surface area contributed by atoms with Gasteiger partial charge in [-0.3, -0.25) is 4.68 Å². The molecule has 1 unspecified atom stereocenters. The summed E-state index contributed by atoms with van der Waals surface area (Å²) in [5, 5.41) is 13.2. The van der Waals surface area contributed by atoms with Crippen LogP contribution in [0.5, 0.6) is 0 Å². The number of nitrogens with one attached hydrogen (secondary N) is 1. The number of hydrogen-bond acceptors (Lipinski definition) is 4. The SMILES string of the molecule is Cn1cc(S(=O)(=O)NC(C)(C(=O)O)c2ccccc2)cn1. The van der Waals surface area contributed by atoms with Gasteiger partial charge in [0.15, 0.2) is 5.54 Å². The number of nitrogens with zero attached hydrogens (tertiary/aromatic N) is 2. The first-order chi connectivity index (χ1) is 9.75. The Bertz CT molecular complexity index is 755. The zero-order valence-corrected chi connectivity index (χ0v) is 12.3. The van der Waals surface area contributed by atoms with Gasteiger partial charge in [0.05, 0.1) is 6.20 Å². The Morgan fingerprint density at radius 1 is 1.33 bits per heavy atom. The Labute approximate surface area is 122 Å². The predicted molar refractivity (Wildman–Crippen MR) is 75.0 cm³/mol. The van der Waals surface area contributed by atoms with Gasteiger partial charge in [-0.2, -0.15) is 9.82 Å². The maximum atomic E-state index is 12.3. The fraction of sp³-hybridized carbons (Fsp3) is 0.231. The quantitative estimate of drug-likeness (QED) is 0.846. The Balaban J connectivity index is 2.44. The van der Waals surface area contributed by atoms with Crippen LogP contribution in [0.15, 0.2) is 47.6 Å². The molecule has 21 heavy (non-hydrogen) atoms. The van der Waals surface area contributed by atoms with Gasteiger partial charge in [0.1, 0.15) is 4.90 Å². The first-order valence-electron chi connectivity index (χ1n) is 6.07. The van der Waals surface area contributed by atoms with Gasteiger partial charge in [-0.1, -0.05) is 30.3 Å². The molecular weight excluding hydrogens is 294 g/mol. The number of aryl methyl sites for hydroxylation is 1. The molecule has 7 nitrogen and oxygen atoms in total. The minimum Gasteiger partial charge on any atom is -0.480 e. The first-order valence-corrected chi connectivity index (χ1v) is 7.55. The van der Waals surface area contributed by atoms with E-state index in [1.54, 1.807) is 37.4 Å². The smallest absolute Gasteiger partial charge is 0.329 e. The number of aromatic nitrogens is 2. The lowest BCUT2D eigenvalue weighted by atomic mass is 9.94. The number of rotatable bonds is 5. The standard InChI is InChI=1S/C13H15N3O4S/c1-13(12(17)18,10-6-4-3-5-7-10)15-21(19,20)11-8-14-16(2)9-11/h3-9,15H,1-2H3,(H,17,18). The molecule has 1 heterocycles. The number of aliphatic carboxylic acids is 1. The molecule has 0 aliphatic heterocycles. The van der Waals surface area contributed by atoms with E-state index >= 15 is 0 Å². The second-order valence-electron chi connectivity index (χ2n) is 4.75. The number of benzene rings is 1. The fourth-order valence-corrected chi connectivity index (χ4v) is 3.20. The van der Waals surface area contributed by atoms with Gasteiger partial charge in [0, 0.05) is 13.2 Å². The zero-order valence-electron chi connectivity index (χ0n) is 11.5. The van der Waals surface area contributed by atoms with Crippen LogP contribution in [0.1, 0.15) is 12.5 Å². The Morgan fingerprint density at radius 2 is 1.95 bits per heavy atom. The number of carbonyl (C=O) groups is 1. The molecule has 0 radical (unpaired) electrons. The van der Waals surface area contributed by atoms with Crippen LogP contribution in [0.25, 0.3) is 0 Å². The number of carboxylic acid groups (broad SMARTS) is 1. The van der Waals surface area contributed by atoms with Crippen LogP contribution in [-0.2, 0) is 27.4 Å². The van der Waals surface area contributed by atoms with Gasteiger partial charge >= 0.3 is 5.97 Å². The second-order valence-corrected chi connectivity index (χ2v) is 6.43. The van der Waals surface area contributed by atoms with Crippen LogP contribution in [-0.4, -0.2) is 29.3 Å². The summed E-state index contributed by atoms with van der Waals surface area (Å²) >= 11 is 0. The molecule has 0 saturated carbocycles. The summed E-state index contributed by atoms with van der Waals surface area (Å²) in [5.41, 5.74) is -1.43. The Hall–Kier alpha value is -2.19. The Kier molecular flexibility index (Phi) is 3.84. The molecule has 1 aromatic carbocycles. The van der Waals surface area contributed by atoms with Crippen molar-refractivity contribution in [3.05, 3.63) is 48.3 Å². The molecule has 0 aliphatic rings. The van der Waals surface area contributed by atoms with Crippen LogP contribution in [0.4, 0.5) is 0 Å². The molecular formula is C13H15N3O4S.